The lowest BCUT2D eigenvalue weighted by Gasteiger charge is -2.39. The van der Waals surface area contributed by atoms with E-state index >= 15 is 0 Å². The van der Waals surface area contributed by atoms with E-state index < -0.39 is 29.9 Å². The van der Waals surface area contributed by atoms with Crippen molar-refractivity contribution in [1.82, 2.24) is 15.5 Å². The molecule has 11 heteroatoms. The highest BCUT2D eigenvalue weighted by molar-refractivity contribution is 5.87. The minimum absolute atomic E-state index is 0.000905. The molecule has 3 aliphatic heterocycles. The van der Waals surface area contributed by atoms with Crippen LogP contribution in [0.15, 0.2) is 36.0 Å². The zero-order valence-electron chi connectivity index (χ0n) is 26.7. The lowest BCUT2D eigenvalue weighted by Crippen LogP contribution is -2.51. The highest BCUT2D eigenvalue weighted by Crippen LogP contribution is 2.43. The number of amides is 2. The Hall–Kier alpha value is -2.57. The maximum atomic E-state index is 12.7. The number of allylic oxidation sites excluding steroid dienone is 2. The summed E-state index contributed by atoms with van der Waals surface area (Å²) in [6, 6.07) is -0.123. The minimum atomic E-state index is -0.792. The fourth-order valence-corrected chi connectivity index (χ4v) is 5.64. The van der Waals surface area contributed by atoms with Crippen molar-refractivity contribution in [3.05, 3.63) is 36.0 Å². The molecule has 0 unspecified atom stereocenters. The molecule has 1 spiro atoms. The van der Waals surface area contributed by atoms with Crippen LogP contribution in [0.2, 0.25) is 0 Å². The van der Waals surface area contributed by atoms with E-state index in [2.05, 4.69) is 23.6 Å². The van der Waals surface area contributed by atoms with Gasteiger partial charge in [0.1, 0.15) is 23.9 Å². The third-order valence-corrected chi connectivity index (χ3v) is 8.45. The lowest BCUT2D eigenvalue weighted by molar-refractivity contribution is -0.150. The van der Waals surface area contributed by atoms with Crippen molar-refractivity contribution in [2.75, 3.05) is 33.8 Å². The van der Waals surface area contributed by atoms with E-state index in [1.165, 1.54) is 13.0 Å². The summed E-state index contributed by atoms with van der Waals surface area (Å²) in [6.45, 7) is 10.9. The third-order valence-electron chi connectivity index (χ3n) is 8.45. The minimum Gasteiger partial charge on any atom is -0.459 e. The molecule has 3 aliphatic rings. The van der Waals surface area contributed by atoms with E-state index in [1.54, 1.807) is 24.9 Å². The van der Waals surface area contributed by atoms with E-state index in [1.807, 2.05) is 33.0 Å². The standard InChI is InChI=1S/C32H51N3O8/c1-20(8-11-27-21(2)16-26(23(4)42-27)34-29(37)13-10-22(3)41-24(5)36)9-12-28-31(39)32(19-40-32)18-25(43-28)17-30(38)35(7)15-14-33-6/h8-10,12-13,21-23,25-28,31,33,39H,11,14-19H2,1-7H3,(H,34,37)/b12-9+,13-10-,20-8+/t21-,22-,23+,25+,26+,27-,28+,31+,32+/m0/s1. The van der Waals surface area contributed by atoms with Crippen LogP contribution in [0, 0.1) is 5.92 Å². The first-order chi connectivity index (χ1) is 20.3. The molecule has 3 heterocycles. The number of hydrogen-bond acceptors (Lipinski definition) is 9. The first-order valence-corrected chi connectivity index (χ1v) is 15.4. The molecule has 2 amide bonds. The van der Waals surface area contributed by atoms with Gasteiger partial charge in [0.15, 0.2) is 0 Å². The third kappa shape index (κ3) is 10.5. The molecule has 0 saturated carbocycles. The number of ether oxygens (including phenoxy) is 4. The molecule has 9 atom stereocenters. The molecule has 0 aromatic carbocycles. The highest BCUT2D eigenvalue weighted by Gasteiger charge is 2.58. The molecule has 11 nitrogen and oxygen atoms in total. The van der Waals surface area contributed by atoms with Crippen molar-refractivity contribution in [2.24, 2.45) is 5.92 Å². The first-order valence-electron chi connectivity index (χ1n) is 15.4. The van der Waals surface area contributed by atoms with Crippen molar-refractivity contribution in [1.29, 1.82) is 0 Å². The molecule has 3 N–H and O–H groups in total. The fourth-order valence-electron chi connectivity index (χ4n) is 5.64. The van der Waals surface area contributed by atoms with E-state index in [4.69, 9.17) is 18.9 Å². The number of aliphatic hydroxyl groups is 1. The number of likely N-dealkylation sites (N-methyl/N-ethyl adjacent to an activating group) is 2. The van der Waals surface area contributed by atoms with Gasteiger partial charge in [-0.05, 0) is 52.7 Å². The second kappa shape index (κ2) is 15.9. The second-order valence-corrected chi connectivity index (χ2v) is 12.3. The Morgan fingerprint density at radius 3 is 2.56 bits per heavy atom. The van der Waals surface area contributed by atoms with Gasteiger partial charge in [-0.25, -0.2) is 0 Å². The largest absolute Gasteiger partial charge is 0.459 e. The normalized spacial score (nSPS) is 33.5. The molecule has 3 fully saturated rings. The lowest BCUT2D eigenvalue weighted by atomic mass is 9.87. The zero-order chi connectivity index (χ0) is 31.7. The zero-order valence-corrected chi connectivity index (χ0v) is 26.7. The monoisotopic (exact) mass is 605 g/mol. The Labute approximate surface area is 256 Å². The summed E-state index contributed by atoms with van der Waals surface area (Å²) in [5.74, 6) is -0.412. The van der Waals surface area contributed by atoms with Crippen molar-refractivity contribution < 1.29 is 38.4 Å². The van der Waals surface area contributed by atoms with Crippen LogP contribution in [0.4, 0.5) is 0 Å². The van der Waals surface area contributed by atoms with Crippen LogP contribution in [0.1, 0.15) is 60.3 Å². The fraction of sp³-hybridized carbons (Fsp3) is 0.719. The summed E-state index contributed by atoms with van der Waals surface area (Å²) in [7, 11) is 3.64. The number of carbonyl (C=O) groups is 3. The number of epoxide rings is 1. The van der Waals surface area contributed by atoms with Gasteiger partial charge in [-0.15, -0.1) is 0 Å². The van der Waals surface area contributed by atoms with E-state index in [0.29, 0.717) is 32.5 Å². The maximum Gasteiger partial charge on any atom is 0.303 e. The molecular formula is C32H51N3O8. The van der Waals surface area contributed by atoms with Gasteiger partial charge in [-0.2, -0.15) is 0 Å². The second-order valence-electron chi connectivity index (χ2n) is 12.3. The van der Waals surface area contributed by atoms with E-state index in [9.17, 15) is 19.5 Å². The molecule has 0 aromatic rings. The van der Waals surface area contributed by atoms with Crippen LogP contribution in [0.5, 0.6) is 0 Å². The summed E-state index contributed by atoms with van der Waals surface area (Å²) in [6.07, 6.45) is 8.77. The molecule has 0 aliphatic carbocycles. The number of carbonyl (C=O) groups excluding carboxylic acids is 3. The Bertz CT molecular complexity index is 1060. The van der Waals surface area contributed by atoms with Crippen molar-refractivity contribution in [3.8, 4) is 0 Å². The maximum absolute atomic E-state index is 12.7. The van der Waals surface area contributed by atoms with Crippen molar-refractivity contribution in [2.45, 2.75) is 109 Å². The van der Waals surface area contributed by atoms with Gasteiger partial charge < -0.3 is 39.6 Å². The van der Waals surface area contributed by atoms with Gasteiger partial charge in [0, 0.05) is 39.6 Å². The summed E-state index contributed by atoms with van der Waals surface area (Å²) >= 11 is 0. The van der Waals surface area contributed by atoms with Gasteiger partial charge >= 0.3 is 5.97 Å². The number of aliphatic hydroxyl groups excluding tert-OH is 1. The number of esters is 1. The summed E-state index contributed by atoms with van der Waals surface area (Å²) in [4.78, 5) is 37.8. The Balaban J connectivity index is 1.50. The molecule has 0 radical (unpaired) electrons. The molecule has 3 saturated heterocycles. The van der Waals surface area contributed by atoms with Crippen LogP contribution in [0.25, 0.3) is 0 Å². The van der Waals surface area contributed by atoms with Crippen molar-refractivity contribution in [3.63, 3.8) is 0 Å². The van der Waals surface area contributed by atoms with Crippen LogP contribution in [-0.2, 0) is 33.3 Å². The Kier molecular flexibility index (Phi) is 12.9. The highest BCUT2D eigenvalue weighted by atomic mass is 16.6. The summed E-state index contributed by atoms with van der Waals surface area (Å²) < 4.78 is 23.1. The number of rotatable bonds is 13. The Morgan fingerprint density at radius 1 is 1.19 bits per heavy atom. The van der Waals surface area contributed by atoms with Gasteiger partial charge in [0.2, 0.25) is 11.8 Å². The van der Waals surface area contributed by atoms with Gasteiger partial charge in [-0.3, -0.25) is 14.4 Å². The predicted octanol–water partition coefficient (Wildman–Crippen LogP) is 2.04. The van der Waals surface area contributed by atoms with Crippen molar-refractivity contribution >= 4 is 17.8 Å². The molecule has 3 rings (SSSR count). The van der Waals surface area contributed by atoms with Gasteiger partial charge in [0.05, 0.1) is 37.4 Å². The van der Waals surface area contributed by atoms with E-state index in [0.717, 1.165) is 12.0 Å². The van der Waals surface area contributed by atoms with Gasteiger partial charge in [0.25, 0.3) is 0 Å². The predicted molar refractivity (Wildman–Crippen MR) is 162 cm³/mol. The summed E-state index contributed by atoms with van der Waals surface area (Å²) in [5.41, 5.74) is 0.376. The summed E-state index contributed by atoms with van der Waals surface area (Å²) in [5, 5.41) is 17.0. The number of nitrogens with zero attached hydrogens (tertiary/aromatic N) is 1. The molecule has 242 valence electrons. The van der Waals surface area contributed by atoms with Crippen LogP contribution < -0.4 is 10.6 Å². The average molecular weight is 606 g/mol. The SMILES string of the molecule is CNCCN(C)C(=O)C[C@@H]1C[C@@]2(CO2)[C@H](O)[C@@H](/C=C/C(C)=C/C[C@@H]2O[C@H](C)[C@H](NC(=O)/C=C\[C@H](C)OC(C)=O)C[C@@H]2C)O1. The smallest absolute Gasteiger partial charge is 0.303 e. The number of nitrogens with one attached hydrogen (secondary N) is 2. The van der Waals surface area contributed by atoms with Crippen LogP contribution in [0.3, 0.4) is 0 Å². The molecular weight excluding hydrogens is 554 g/mol. The first kappa shape index (κ1) is 34.9. The number of hydrogen-bond donors (Lipinski definition) is 3. The van der Waals surface area contributed by atoms with Crippen LogP contribution >= 0.6 is 0 Å². The quantitative estimate of drug-likeness (QED) is 0.125. The average Bonchev–Trinajstić information content (AvgIpc) is 3.72. The van der Waals surface area contributed by atoms with E-state index in [-0.39, 0.29) is 48.5 Å². The molecule has 0 aromatic heterocycles. The molecule has 0 bridgehead atoms. The van der Waals surface area contributed by atoms with Crippen LogP contribution in [-0.4, -0.2) is 110 Å². The van der Waals surface area contributed by atoms with Gasteiger partial charge in [-0.1, -0.05) is 30.7 Å². The molecule has 43 heavy (non-hydrogen) atoms. The topological polar surface area (TPSA) is 139 Å². The Morgan fingerprint density at radius 2 is 1.91 bits per heavy atom.